The van der Waals surface area contributed by atoms with Gasteiger partial charge < -0.3 is 15.4 Å². The standard InChI is InChI=1S/C21H30N4O4/c1-14-4-3-9-22-20(14)21(28)24-11-17-8-7-16(25(17)13-15-5-6-15)10-18(26)23-12-19(27)29-2/h3-4,9,15-17H,5-8,10-13H2,1-2H3,(H,23,26)(H,24,28)/t16-,17+/m1/s1. The van der Waals surface area contributed by atoms with E-state index in [1.807, 2.05) is 19.1 Å². The molecule has 1 saturated heterocycles. The number of nitrogens with zero attached hydrogens (tertiary/aromatic N) is 2. The Hall–Kier alpha value is -2.48. The van der Waals surface area contributed by atoms with Crippen LogP contribution < -0.4 is 10.6 Å². The van der Waals surface area contributed by atoms with Crippen LogP contribution in [0, 0.1) is 12.8 Å². The first-order chi connectivity index (χ1) is 14.0. The van der Waals surface area contributed by atoms with Crippen molar-refractivity contribution in [2.24, 2.45) is 5.92 Å². The van der Waals surface area contributed by atoms with Gasteiger partial charge in [0.1, 0.15) is 12.2 Å². The molecular formula is C21H30N4O4. The van der Waals surface area contributed by atoms with Crippen LogP contribution in [0.5, 0.6) is 0 Å². The Morgan fingerprint density at radius 1 is 1.17 bits per heavy atom. The van der Waals surface area contributed by atoms with Gasteiger partial charge in [0.15, 0.2) is 0 Å². The fourth-order valence-electron chi connectivity index (χ4n) is 3.90. The van der Waals surface area contributed by atoms with Crippen LogP contribution in [-0.2, 0) is 14.3 Å². The van der Waals surface area contributed by atoms with Crippen LogP contribution in [0.1, 0.15) is 48.2 Å². The molecule has 1 aromatic rings. The monoisotopic (exact) mass is 402 g/mol. The van der Waals surface area contributed by atoms with E-state index in [0.29, 0.717) is 24.6 Å². The zero-order valence-corrected chi connectivity index (χ0v) is 17.1. The smallest absolute Gasteiger partial charge is 0.325 e. The number of ether oxygens (including phenoxy) is 1. The highest BCUT2D eigenvalue weighted by Crippen LogP contribution is 2.35. The molecule has 0 bridgehead atoms. The average molecular weight is 402 g/mol. The number of rotatable bonds is 9. The molecule has 29 heavy (non-hydrogen) atoms. The van der Waals surface area contributed by atoms with Gasteiger partial charge in [-0.1, -0.05) is 6.07 Å². The maximum Gasteiger partial charge on any atom is 0.325 e. The predicted molar refractivity (Wildman–Crippen MR) is 107 cm³/mol. The minimum Gasteiger partial charge on any atom is -0.468 e. The summed E-state index contributed by atoms with van der Waals surface area (Å²) in [7, 11) is 1.30. The zero-order valence-electron chi connectivity index (χ0n) is 17.1. The van der Waals surface area contributed by atoms with E-state index in [1.54, 1.807) is 6.20 Å². The minimum atomic E-state index is -0.454. The predicted octanol–water partition coefficient (Wildman–Crippen LogP) is 1.04. The summed E-state index contributed by atoms with van der Waals surface area (Å²) in [6.07, 6.45) is 6.27. The molecule has 2 atom stereocenters. The maximum absolute atomic E-state index is 12.5. The van der Waals surface area contributed by atoms with Crippen molar-refractivity contribution in [2.45, 2.75) is 51.1 Å². The molecule has 1 aliphatic carbocycles. The van der Waals surface area contributed by atoms with E-state index < -0.39 is 5.97 Å². The van der Waals surface area contributed by atoms with E-state index in [1.165, 1.54) is 20.0 Å². The molecule has 2 heterocycles. The normalized spacial score (nSPS) is 21.6. The van der Waals surface area contributed by atoms with Gasteiger partial charge in [-0.25, -0.2) is 0 Å². The fourth-order valence-corrected chi connectivity index (χ4v) is 3.90. The van der Waals surface area contributed by atoms with Gasteiger partial charge in [0.25, 0.3) is 5.91 Å². The van der Waals surface area contributed by atoms with Crippen LogP contribution in [-0.4, -0.2) is 66.5 Å². The van der Waals surface area contributed by atoms with E-state index in [-0.39, 0.29) is 30.4 Å². The molecule has 1 saturated carbocycles. The number of esters is 1. The number of carbonyl (C=O) groups excluding carboxylic acids is 3. The van der Waals surface area contributed by atoms with Crippen molar-refractivity contribution < 1.29 is 19.1 Å². The van der Waals surface area contributed by atoms with Gasteiger partial charge in [-0.3, -0.25) is 24.3 Å². The molecule has 0 spiro atoms. The molecule has 0 radical (unpaired) electrons. The Morgan fingerprint density at radius 3 is 2.62 bits per heavy atom. The number of amides is 2. The Morgan fingerprint density at radius 2 is 1.93 bits per heavy atom. The van der Waals surface area contributed by atoms with Gasteiger partial charge in [0.2, 0.25) is 5.91 Å². The van der Waals surface area contributed by atoms with Crippen LogP contribution in [0.4, 0.5) is 0 Å². The molecule has 2 aliphatic rings. The van der Waals surface area contributed by atoms with E-state index in [0.717, 1.165) is 24.9 Å². The summed E-state index contributed by atoms with van der Waals surface area (Å²) < 4.78 is 4.56. The van der Waals surface area contributed by atoms with Crippen LogP contribution in [0.3, 0.4) is 0 Å². The first-order valence-electron chi connectivity index (χ1n) is 10.3. The topological polar surface area (TPSA) is 101 Å². The number of aryl methyl sites for hydroxylation is 1. The average Bonchev–Trinajstić information content (AvgIpc) is 3.46. The molecule has 3 rings (SSSR count). The molecule has 8 nitrogen and oxygen atoms in total. The van der Waals surface area contributed by atoms with Crippen LogP contribution in [0.2, 0.25) is 0 Å². The molecular weight excluding hydrogens is 372 g/mol. The van der Waals surface area contributed by atoms with Crippen LogP contribution >= 0.6 is 0 Å². The minimum absolute atomic E-state index is 0.104. The molecule has 158 valence electrons. The van der Waals surface area contributed by atoms with Gasteiger partial charge in [-0.2, -0.15) is 0 Å². The van der Waals surface area contributed by atoms with Crippen molar-refractivity contribution in [1.82, 2.24) is 20.5 Å². The summed E-state index contributed by atoms with van der Waals surface area (Å²) in [5, 5.41) is 5.65. The lowest BCUT2D eigenvalue weighted by atomic mass is 10.1. The number of hydrogen-bond donors (Lipinski definition) is 2. The van der Waals surface area contributed by atoms with E-state index in [9.17, 15) is 14.4 Å². The molecule has 2 amide bonds. The summed E-state index contributed by atoms with van der Waals surface area (Å²) >= 11 is 0. The quantitative estimate of drug-likeness (QED) is 0.599. The number of carbonyl (C=O) groups is 3. The van der Waals surface area contributed by atoms with Gasteiger partial charge in [-0.15, -0.1) is 0 Å². The summed E-state index contributed by atoms with van der Waals surface area (Å²) in [5.74, 6) is -0.0706. The van der Waals surface area contributed by atoms with Gasteiger partial charge >= 0.3 is 5.97 Å². The largest absolute Gasteiger partial charge is 0.468 e. The molecule has 1 aliphatic heterocycles. The summed E-state index contributed by atoms with van der Waals surface area (Å²) in [5.41, 5.74) is 1.31. The second kappa shape index (κ2) is 9.82. The molecule has 2 N–H and O–H groups in total. The highest BCUT2D eigenvalue weighted by Gasteiger charge is 2.38. The van der Waals surface area contributed by atoms with Gasteiger partial charge in [0.05, 0.1) is 7.11 Å². The third kappa shape index (κ3) is 6.00. The Bertz CT molecular complexity index is 750. The molecule has 8 heteroatoms. The van der Waals surface area contributed by atoms with Crippen LogP contribution in [0.25, 0.3) is 0 Å². The lowest BCUT2D eigenvalue weighted by Crippen LogP contribution is -2.46. The first-order valence-corrected chi connectivity index (χ1v) is 10.3. The molecule has 0 unspecified atom stereocenters. The lowest BCUT2D eigenvalue weighted by Gasteiger charge is -2.30. The fraction of sp³-hybridized carbons (Fsp3) is 0.619. The van der Waals surface area contributed by atoms with E-state index in [4.69, 9.17) is 0 Å². The summed E-state index contributed by atoms with van der Waals surface area (Å²) in [4.78, 5) is 42.5. The second-order valence-electron chi connectivity index (χ2n) is 7.96. The van der Waals surface area contributed by atoms with Crippen LogP contribution in [0.15, 0.2) is 18.3 Å². The number of nitrogens with one attached hydrogen (secondary N) is 2. The second-order valence-corrected chi connectivity index (χ2v) is 7.96. The van der Waals surface area contributed by atoms with Gasteiger partial charge in [-0.05, 0) is 50.2 Å². The lowest BCUT2D eigenvalue weighted by molar-refractivity contribution is -0.141. The highest BCUT2D eigenvalue weighted by molar-refractivity contribution is 5.93. The SMILES string of the molecule is COC(=O)CNC(=O)C[C@H]1CC[C@@H](CNC(=O)c2ncccc2C)N1CC1CC1. The Balaban J connectivity index is 1.54. The van der Waals surface area contributed by atoms with E-state index in [2.05, 4.69) is 25.3 Å². The van der Waals surface area contributed by atoms with E-state index >= 15 is 0 Å². The summed E-state index contributed by atoms with van der Waals surface area (Å²) in [6, 6.07) is 4.03. The van der Waals surface area contributed by atoms with Crippen molar-refractivity contribution >= 4 is 17.8 Å². The van der Waals surface area contributed by atoms with Crippen molar-refractivity contribution in [1.29, 1.82) is 0 Å². The van der Waals surface area contributed by atoms with Crippen molar-refractivity contribution in [2.75, 3.05) is 26.7 Å². The van der Waals surface area contributed by atoms with Crippen molar-refractivity contribution in [3.05, 3.63) is 29.6 Å². The Labute approximate surface area is 171 Å². The Kier molecular flexibility index (Phi) is 7.19. The number of methoxy groups -OCH3 is 1. The molecule has 2 fully saturated rings. The summed E-state index contributed by atoms with van der Waals surface area (Å²) in [6.45, 7) is 3.27. The molecule has 0 aromatic carbocycles. The number of aromatic nitrogens is 1. The number of hydrogen-bond acceptors (Lipinski definition) is 6. The number of likely N-dealkylation sites (tertiary alicyclic amines) is 1. The van der Waals surface area contributed by atoms with Crippen molar-refractivity contribution in [3.63, 3.8) is 0 Å². The maximum atomic E-state index is 12.5. The number of pyridine rings is 1. The zero-order chi connectivity index (χ0) is 20.8. The third-order valence-corrected chi connectivity index (χ3v) is 5.74. The first kappa shape index (κ1) is 21.2. The van der Waals surface area contributed by atoms with Crippen molar-refractivity contribution in [3.8, 4) is 0 Å². The highest BCUT2D eigenvalue weighted by atomic mass is 16.5. The molecule has 1 aromatic heterocycles. The third-order valence-electron chi connectivity index (χ3n) is 5.74. The van der Waals surface area contributed by atoms with Gasteiger partial charge in [0, 0.05) is 37.8 Å².